The fourth-order valence-electron chi connectivity index (χ4n) is 0.865. The van der Waals surface area contributed by atoms with E-state index in [1.165, 1.54) is 0 Å². The van der Waals surface area contributed by atoms with E-state index in [-0.39, 0.29) is 12.4 Å². The van der Waals surface area contributed by atoms with Crippen molar-refractivity contribution in [3.63, 3.8) is 0 Å². The van der Waals surface area contributed by atoms with E-state index in [1.807, 2.05) is 0 Å². The first-order valence-electron chi connectivity index (χ1n) is 3.48. The van der Waals surface area contributed by atoms with Gasteiger partial charge in [0.2, 0.25) is 0 Å². The molecule has 0 aromatic rings. The van der Waals surface area contributed by atoms with Gasteiger partial charge in [-0.25, -0.2) is 0 Å². The SMILES string of the molecule is COC(=O)C(N)C(C(F)(F)F)C(F)(F)F.Cl. The van der Waals surface area contributed by atoms with Gasteiger partial charge in [-0.05, 0) is 0 Å². The molecule has 0 fully saturated rings. The minimum Gasteiger partial charge on any atom is -0.468 e. The average molecular weight is 276 g/mol. The molecule has 1 unspecified atom stereocenters. The maximum atomic E-state index is 12.0. The van der Waals surface area contributed by atoms with Crippen LogP contribution in [0.2, 0.25) is 0 Å². The second kappa shape index (κ2) is 5.58. The van der Waals surface area contributed by atoms with Crippen molar-refractivity contribution < 1.29 is 35.9 Å². The molecule has 0 aliphatic rings. The molecule has 3 nitrogen and oxygen atoms in total. The second-order valence-corrected chi connectivity index (χ2v) is 2.61. The highest BCUT2D eigenvalue weighted by Crippen LogP contribution is 2.40. The molecule has 0 saturated carbocycles. The Labute approximate surface area is 92.3 Å². The number of carbonyl (C=O) groups is 1. The normalized spacial score (nSPS) is 14.3. The van der Waals surface area contributed by atoms with Crippen molar-refractivity contribution in [2.45, 2.75) is 18.4 Å². The van der Waals surface area contributed by atoms with E-state index in [9.17, 15) is 31.1 Å². The summed E-state index contributed by atoms with van der Waals surface area (Å²) in [5, 5.41) is 0. The van der Waals surface area contributed by atoms with Gasteiger partial charge in [0.25, 0.3) is 0 Å². The van der Waals surface area contributed by atoms with Gasteiger partial charge in [0, 0.05) is 0 Å². The van der Waals surface area contributed by atoms with Crippen LogP contribution in [0.25, 0.3) is 0 Å². The van der Waals surface area contributed by atoms with Crippen LogP contribution in [0.4, 0.5) is 26.3 Å². The summed E-state index contributed by atoms with van der Waals surface area (Å²) in [4.78, 5) is 10.5. The van der Waals surface area contributed by atoms with E-state index in [0.29, 0.717) is 7.11 Å². The predicted molar refractivity (Wildman–Crippen MR) is 42.8 cm³/mol. The van der Waals surface area contributed by atoms with Crippen LogP contribution in [0.15, 0.2) is 0 Å². The first-order chi connectivity index (χ1) is 6.51. The van der Waals surface area contributed by atoms with Crippen molar-refractivity contribution in [1.82, 2.24) is 0 Å². The molecule has 0 aliphatic heterocycles. The molecule has 0 heterocycles. The Morgan fingerprint density at radius 2 is 1.44 bits per heavy atom. The molecule has 98 valence electrons. The van der Waals surface area contributed by atoms with E-state index in [2.05, 4.69) is 10.5 Å². The number of ether oxygens (including phenoxy) is 1. The summed E-state index contributed by atoms with van der Waals surface area (Å²) < 4.78 is 75.5. The Balaban J connectivity index is 0. The fourth-order valence-corrected chi connectivity index (χ4v) is 0.865. The van der Waals surface area contributed by atoms with Gasteiger partial charge in [0.05, 0.1) is 7.11 Å². The summed E-state index contributed by atoms with van der Waals surface area (Å²) in [6, 6.07) is -2.81. The number of nitrogens with two attached hydrogens (primary N) is 1. The van der Waals surface area contributed by atoms with Crippen LogP contribution in [0.3, 0.4) is 0 Å². The Kier molecular flexibility index (Phi) is 6.16. The Morgan fingerprint density at radius 3 is 1.62 bits per heavy atom. The third-order valence-corrected chi connectivity index (χ3v) is 1.54. The van der Waals surface area contributed by atoms with E-state index < -0.39 is 30.3 Å². The lowest BCUT2D eigenvalue weighted by molar-refractivity contribution is -0.289. The number of halogens is 7. The monoisotopic (exact) mass is 275 g/mol. The molecular formula is C6H8ClF6NO2. The number of alkyl halides is 6. The molecule has 0 saturated heterocycles. The predicted octanol–water partition coefficient (Wildman–Crippen LogP) is 1.65. The molecule has 2 N–H and O–H groups in total. The fraction of sp³-hybridized carbons (Fsp3) is 0.833. The summed E-state index contributed by atoms with van der Waals surface area (Å²) in [5.74, 6) is -5.69. The van der Waals surface area contributed by atoms with Gasteiger partial charge in [0.1, 0.15) is 6.04 Å². The van der Waals surface area contributed by atoms with Crippen LogP contribution in [0.5, 0.6) is 0 Å². The van der Waals surface area contributed by atoms with Gasteiger partial charge in [0.15, 0.2) is 5.92 Å². The summed E-state index contributed by atoms with van der Waals surface area (Å²) in [6.07, 6.45) is -11.3. The van der Waals surface area contributed by atoms with Gasteiger partial charge in [-0.15, -0.1) is 12.4 Å². The largest absolute Gasteiger partial charge is 0.468 e. The number of hydrogen-bond acceptors (Lipinski definition) is 3. The first-order valence-corrected chi connectivity index (χ1v) is 3.48. The molecule has 0 aliphatic carbocycles. The zero-order valence-corrected chi connectivity index (χ0v) is 8.54. The van der Waals surface area contributed by atoms with Crippen molar-refractivity contribution in [2.24, 2.45) is 11.7 Å². The Morgan fingerprint density at radius 1 is 1.12 bits per heavy atom. The Hall–Kier alpha value is -0.700. The van der Waals surface area contributed by atoms with Crippen molar-refractivity contribution in [1.29, 1.82) is 0 Å². The minimum absolute atomic E-state index is 0. The van der Waals surface area contributed by atoms with Crippen molar-refractivity contribution in [2.75, 3.05) is 7.11 Å². The Bertz CT molecular complexity index is 226. The van der Waals surface area contributed by atoms with E-state index >= 15 is 0 Å². The molecule has 0 aromatic carbocycles. The van der Waals surface area contributed by atoms with Crippen LogP contribution >= 0.6 is 12.4 Å². The summed E-state index contributed by atoms with van der Waals surface area (Å²) in [7, 11) is 0.645. The number of hydrogen-bond donors (Lipinski definition) is 1. The molecule has 0 bridgehead atoms. The topological polar surface area (TPSA) is 52.3 Å². The molecule has 0 spiro atoms. The highest BCUT2D eigenvalue weighted by Gasteiger charge is 2.61. The number of methoxy groups -OCH3 is 1. The van der Waals surface area contributed by atoms with Gasteiger partial charge >= 0.3 is 18.3 Å². The third kappa shape index (κ3) is 4.44. The van der Waals surface area contributed by atoms with Gasteiger partial charge < -0.3 is 10.5 Å². The molecule has 0 aromatic heterocycles. The average Bonchev–Trinajstić information content (AvgIpc) is 1.97. The van der Waals surface area contributed by atoms with Crippen LogP contribution in [-0.2, 0) is 9.53 Å². The number of carbonyl (C=O) groups excluding carboxylic acids is 1. The van der Waals surface area contributed by atoms with Crippen molar-refractivity contribution >= 4 is 18.4 Å². The summed E-state index contributed by atoms with van der Waals surface area (Å²) >= 11 is 0. The lowest BCUT2D eigenvalue weighted by Gasteiger charge is -2.26. The third-order valence-electron chi connectivity index (χ3n) is 1.54. The standard InChI is InChI=1S/C6H7F6NO2.ClH/c1-15-4(14)2(13)3(5(7,8)9)6(10,11)12;/h2-3H,13H2,1H3;1H. The quantitative estimate of drug-likeness (QED) is 0.616. The second-order valence-electron chi connectivity index (χ2n) is 2.61. The number of esters is 1. The van der Waals surface area contributed by atoms with Gasteiger partial charge in [-0.2, -0.15) is 26.3 Å². The molecule has 0 rings (SSSR count). The molecule has 0 radical (unpaired) electrons. The maximum absolute atomic E-state index is 12.0. The zero-order chi connectivity index (χ0) is 12.4. The maximum Gasteiger partial charge on any atom is 0.402 e. The lowest BCUT2D eigenvalue weighted by Crippen LogP contribution is -2.52. The van der Waals surface area contributed by atoms with Crippen LogP contribution in [0.1, 0.15) is 0 Å². The minimum atomic E-state index is -5.65. The summed E-state index contributed by atoms with van der Waals surface area (Å²) in [5.41, 5.74) is 4.53. The molecular weight excluding hydrogens is 268 g/mol. The number of rotatable bonds is 2. The van der Waals surface area contributed by atoms with Crippen LogP contribution < -0.4 is 5.73 Å². The highest BCUT2D eigenvalue weighted by atomic mass is 35.5. The molecule has 10 heteroatoms. The lowest BCUT2D eigenvalue weighted by atomic mass is 9.99. The van der Waals surface area contributed by atoms with Crippen molar-refractivity contribution in [3.05, 3.63) is 0 Å². The van der Waals surface area contributed by atoms with Crippen LogP contribution in [0, 0.1) is 5.92 Å². The van der Waals surface area contributed by atoms with Crippen LogP contribution in [-0.4, -0.2) is 31.5 Å². The molecule has 0 amide bonds. The van der Waals surface area contributed by atoms with Gasteiger partial charge in [-0.3, -0.25) is 4.79 Å². The van der Waals surface area contributed by atoms with Crippen molar-refractivity contribution in [3.8, 4) is 0 Å². The van der Waals surface area contributed by atoms with E-state index in [4.69, 9.17) is 0 Å². The van der Waals surface area contributed by atoms with E-state index in [1.54, 1.807) is 0 Å². The first kappa shape index (κ1) is 17.7. The zero-order valence-electron chi connectivity index (χ0n) is 7.72. The van der Waals surface area contributed by atoms with E-state index in [0.717, 1.165) is 0 Å². The highest BCUT2D eigenvalue weighted by molar-refractivity contribution is 5.85. The summed E-state index contributed by atoms with van der Waals surface area (Å²) in [6.45, 7) is 0. The molecule has 1 atom stereocenters. The smallest absolute Gasteiger partial charge is 0.402 e. The molecule has 16 heavy (non-hydrogen) atoms. The van der Waals surface area contributed by atoms with Gasteiger partial charge in [-0.1, -0.05) is 0 Å².